The Morgan fingerprint density at radius 1 is 1.00 bits per heavy atom. The molecule has 0 atom stereocenters. The highest BCUT2D eigenvalue weighted by Crippen LogP contribution is 2.30. The molecule has 0 spiro atoms. The minimum absolute atomic E-state index is 0.129. The van der Waals surface area contributed by atoms with E-state index in [0.717, 1.165) is 18.2 Å². The molecule has 1 N–H and O–H groups in total. The zero-order valence-electron chi connectivity index (χ0n) is 16.6. The third-order valence-electron chi connectivity index (χ3n) is 4.46. The Bertz CT molecular complexity index is 1390. The molecule has 0 aliphatic heterocycles. The molecule has 2 aromatic carbocycles. The van der Waals surface area contributed by atoms with Crippen LogP contribution < -0.4 is 9.46 Å². The van der Waals surface area contributed by atoms with Crippen molar-refractivity contribution < 1.29 is 30.7 Å². The van der Waals surface area contributed by atoms with Gasteiger partial charge in [-0.2, -0.15) is 17.7 Å². The number of aromatic nitrogens is 4. The van der Waals surface area contributed by atoms with Crippen LogP contribution in [0, 0.1) is 5.82 Å². The van der Waals surface area contributed by atoms with Gasteiger partial charge in [0.05, 0.1) is 10.5 Å². The van der Waals surface area contributed by atoms with Gasteiger partial charge >= 0.3 is 6.18 Å². The normalized spacial score (nSPS) is 12.2. The standard InChI is InChI=1S/C20H15F4N5O3S/c21-15-6-4-13(5-7-15)19-27-26-17-8-9-18(28-29(17)19)32-11-10-25-33(30,31)16-3-1-2-14(12-16)20(22,23)24/h1-9,12,25H,10-11H2. The van der Waals surface area contributed by atoms with Gasteiger partial charge < -0.3 is 4.74 Å². The Balaban J connectivity index is 1.42. The van der Waals surface area contributed by atoms with E-state index in [4.69, 9.17) is 4.74 Å². The Labute approximate surface area is 184 Å². The van der Waals surface area contributed by atoms with E-state index in [1.165, 1.54) is 34.8 Å². The molecule has 8 nitrogen and oxygen atoms in total. The highest BCUT2D eigenvalue weighted by molar-refractivity contribution is 7.89. The summed E-state index contributed by atoms with van der Waals surface area (Å²) in [5, 5.41) is 12.2. The number of nitrogens with zero attached hydrogens (tertiary/aromatic N) is 4. The van der Waals surface area contributed by atoms with Crippen molar-refractivity contribution in [1.29, 1.82) is 0 Å². The Morgan fingerprint density at radius 3 is 2.48 bits per heavy atom. The van der Waals surface area contributed by atoms with Crippen LogP contribution in [0.3, 0.4) is 0 Å². The van der Waals surface area contributed by atoms with Gasteiger partial charge in [0.25, 0.3) is 0 Å². The summed E-state index contributed by atoms with van der Waals surface area (Å²) >= 11 is 0. The fourth-order valence-electron chi connectivity index (χ4n) is 2.88. The molecule has 0 bridgehead atoms. The SMILES string of the molecule is O=S(=O)(NCCOc1ccc2nnc(-c3ccc(F)cc3)n2n1)c1cccc(C(F)(F)F)c1. The first-order valence-electron chi connectivity index (χ1n) is 9.42. The molecule has 0 aliphatic rings. The second-order valence-corrected chi connectivity index (χ2v) is 8.51. The molecular weight excluding hydrogens is 466 g/mol. The topological polar surface area (TPSA) is 98.5 Å². The van der Waals surface area contributed by atoms with Crippen molar-refractivity contribution in [2.75, 3.05) is 13.2 Å². The predicted octanol–water partition coefficient (Wildman–Crippen LogP) is 3.31. The minimum atomic E-state index is -4.66. The second-order valence-electron chi connectivity index (χ2n) is 6.74. The largest absolute Gasteiger partial charge is 0.475 e. The maximum atomic E-state index is 13.2. The van der Waals surface area contributed by atoms with Crippen LogP contribution in [0.4, 0.5) is 17.6 Å². The lowest BCUT2D eigenvalue weighted by Crippen LogP contribution is -2.28. The number of benzene rings is 2. The zero-order valence-corrected chi connectivity index (χ0v) is 17.4. The molecular formula is C20H15F4N5O3S. The van der Waals surface area contributed by atoms with Crippen molar-refractivity contribution in [1.82, 2.24) is 24.5 Å². The van der Waals surface area contributed by atoms with Gasteiger partial charge in [0.1, 0.15) is 12.4 Å². The molecule has 4 rings (SSSR count). The smallest absolute Gasteiger partial charge is 0.416 e. The summed E-state index contributed by atoms with van der Waals surface area (Å²) in [7, 11) is -4.18. The van der Waals surface area contributed by atoms with Crippen LogP contribution >= 0.6 is 0 Å². The van der Waals surface area contributed by atoms with Gasteiger partial charge in [0, 0.05) is 18.2 Å². The second kappa shape index (κ2) is 8.75. The molecule has 0 saturated heterocycles. The molecule has 0 fully saturated rings. The van der Waals surface area contributed by atoms with Crippen molar-refractivity contribution in [3.63, 3.8) is 0 Å². The first-order chi connectivity index (χ1) is 15.6. The molecule has 0 amide bonds. The summed E-state index contributed by atoms with van der Waals surface area (Å²) in [6, 6.07) is 12.1. The monoisotopic (exact) mass is 481 g/mol. The number of halogens is 4. The van der Waals surface area contributed by atoms with Gasteiger partial charge in [0.15, 0.2) is 11.5 Å². The third-order valence-corrected chi connectivity index (χ3v) is 5.92. The molecule has 0 radical (unpaired) electrons. The zero-order chi connectivity index (χ0) is 23.6. The summed E-state index contributed by atoms with van der Waals surface area (Å²) < 4.78 is 85.2. The van der Waals surface area contributed by atoms with Crippen molar-refractivity contribution in [2.24, 2.45) is 0 Å². The lowest BCUT2D eigenvalue weighted by Gasteiger charge is -2.11. The highest BCUT2D eigenvalue weighted by Gasteiger charge is 2.31. The van der Waals surface area contributed by atoms with Crippen LogP contribution in [0.25, 0.3) is 17.0 Å². The van der Waals surface area contributed by atoms with E-state index < -0.39 is 32.5 Å². The summed E-state index contributed by atoms with van der Waals surface area (Å²) in [6.07, 6.45) is -4.66. The predicted molar refractivity (Wildman–Crippen MR) is 108 cm³/mol. The number of nitrogens with one attached hydrogen (secondary N) is 1. The number of rotatable bonds is 7. The first-order valence-corrected chi connectivity index (χ1v) is 10.9. The molecule has 2 heterocycles. The van der Waals surface area contributed by atoms with E-state index in [1.54, 1.807) is 6.07 Å². The highest BCUT2D eigenvalue weighted by atomic mass is 32.2. The number of hydrogen-bond donors (Lipinski definition) is 1. The number of hydrogen-bond acceptors (Lipinski definition) is 6. The fourth-order valence-corrected chi connectivity index (χ4v) is 3.94. The van der Waals surface area contributed by atoms with E-state index in [9.17, 15) is 26.0 Å². The summed E-state index contributed by atoms with van der Waals surface area (Å²) in [5.41, 5.74) is -0.0839. The number of fused-ring (bicyclic) bond motifs is 1. The minimum Gasteiger partial charge on any atom is -0.475 e. The molecule has 13 heteroatoms. The van der Waals surface area contributed by atoms with E-state index in [0.29, 0.717) is 23.1 Å². The molecule has 2 aromatic heterocycles. The van der Waals surface area contributed by atoms with Crippen molar-refractivity contribution in [3.05, 3.63) is 72.0 Å². The van der Waals surface area contributed by atoms with Gasteiger partial charge in [-0.05, 0) is 48.5 Å². The van der Waals surface area contributed by atoms with Crippen LogP contribution in [-0.4, -0.2) is 41.4 Å². The van der Waals surface area contributed by atoms with Gasteiger partial charge in [-0.15, -0.1) is 15.3 Å². The van der Waals surface area contributed by atoms with E-state index in [2.05, 4.69) is 20.0 Å². The lowest BCUT2D eigenvalue weighted by atomic mass is 10.2. The molecule has 4 aromatic rings. The van der Waals surface area contributed by atoms with Crippen LogP contribution in [0.1, 0.15) is 5.56 Å². The maximum absolute atomic E-state index is 13.2. The molecule has 0 saturated carbocycles. The molecule has 33 heavy (non-hydrogen) atoms. The fraction of sp³-hybridized carbons (Fsp3) is 0.150. The Kier molecular flexibility index (Phi) is 5.99. The van der Waals surface area contributed by atoms with Gasteiger partial charge in [-0.1, -0.05) is 6.07 Å². The van der Waals surface area contributed by atoms with Crippen LogP contribution in [0.15, 0.2) is 65.6 Å². The van der Waals surface area contributed by atoms with Crippen molar-refractivity contribution in [3.8, 4) is 17.3 Å². The number of sulfonamides is 1. The molecule has 0 unspecified atom stereocenters. The summed E-state index contributed by atoms with van der Waals surface area (Å²) in [6.45, 7) is -0.365. The maximum Gasteiger partial charge on any atom is 0.416 e. The van der Waals surface area contributed by atoms with Crippen LogP contribution in [0.2, 0.25) is 0 Å². The van der Waals surface area contributed by atoms with Gasteiger partial charge in [0.2, 0.25) is 15.9 Å². The van der Waals surface area contributed by atoms with E-state index in [1.807, 2.05) is 0 Å². The summed E-state index contributed by atoms with van der Waals surface area (Å²) in [4.78, 5) is -0.509. The average molecular weight is 481 g/mol. The van der Waals surface area contributed by atoms with E-state index >= 15 is 0 Å². The number of alkyl halides is 3. The van der Waals surface area contributed by atoms with Gasteiger partial charge in [-0.25, -0.2) is 17.5 Å². The molecule has 172 valence electrons. The van der Waals surface area contributed by atoms with Crippen LogP contribution in [-0.2, 0) is 16.2 Å². The summed E-state index contributed by atoms with van der Waals surface area (Å²) in [5.74, 6) is 0.0711. The third kappa shape index (κ3) is 5.09. The Morgan fingerprint density at radius 2 is 1.76 bits per heavy atom. The molecule has 0 aliphatic carbocycles. The quantitative estimate of drug-likeness (QED) is 0.321. The average Bonchev–Trinajstić information content (AvgIpc) is 3.20. The van der Waals surface area contributed by atoms with E-state index in [-0.39, 0.29) is 19.0 Å². The van der Waals surface area contributed by atoms with Crippen molar-refractivity contribution in [2.45, 2.75) is 11.1 Å². The van der Waals surface area contributed by atoms with Gasteiger partial charge in [-0.3, -0.25) is 0 Å². The first kappa shape index (κ1) is 22.6. The van der Waals surface area contributed by atoms with Crippen LogP contribution in [0.5, 0.6) is 5.88 Å². The Hall–Kier alpha value is -3.58. The van der Waals surface area contributed by atoms with Crippen molar-refractivity contribution >= 4 is 15.7 Å². The lowest BCUT2D eigenvalue weighted by molar-refractivity contribution is -0.137. The number of ether oxygens (including phenoxy) is 1.